The van der Waals surface area contributed by atoms with E-state index in [9.17, 15) is 4.79 Å². The molecule has 5 heteroatoms. The number of carbonyl (C=O) groups is 1. The van der Waals surface area contributed by atoms with E-state index in [4.69, 9.17) is 18.0 Å². The van der Waals surface area contributed by atoms with E-state index >= 15 is 0 Å². The SMILES string of the molecule is Cc1c(Br)cccc1C(=O)NC(C(N)=S)C1CC1. The molecule has 0 spiro atoms. The summed E-state index contributed by atoms with van der Waals surface area (Å²) in [4.78, 5) is 12.6. The molecule has 2 rings (SSSR count). The van der Waals surface area contributed by atoms with Gasteiger partial charge in [-0.2, -0.15) is 0 Å². The lowest BCUT2D eigenvalue weighted by Gasteiger charge is -2.17. The van der Waals surface area contributed by atoms with Gasteiger partial charge in [0.15, 0.2) is 0 Å². The van der Waals surface area contributed by atoms with E-state index in [1.54, 1.807) is 6.07 Å². The summed E-state index contributed by atoms with van der Waals surface area (Å²) >= 11 is 8.43. The van der Waals surface area contributed by atoms with Crippen molar-refractivity contribution >= 4 is 39.0 Å². The molecule has 1 aromatic carbocycles. The van der Waals surface area contributed by atoms with Crippen molar-refractivity contribution in [1.82, 2.24) is 5.32 Å². The highest BCUT2D eigenvalue weighted by Crippen LogP contribution is 2.33. The monoisotopic (exact) mass is 326 g/mol. The molecule has 1 aliphatic rings. The van der Waals surface area contributed by atoms with Gasteiger partial charge >= 0.3 is 0 Å². The van der Waals surface area contributed by atoms with Gasteiger partial charge < -0.3 is 11.1 Å². The largest absolute Gasteiger partial charge is 0.392 e. The smallest absolute Gasteiger partial charge is 0.252 e. The van der Waals surface area contributed by atoms with Crippen LogP contribution in [0.2, 0.25) is 0 Å². The van der Waals surface area contributed by atoms with Crippen molar-refractivity contribution in [3.8, 4) is 0 Å². The van der Waals surface area contributed by atoms with Crippen LogP contribution in [-0.2, 0) is 0 Å². The molecule has 1 unspecified atom stereocenters. The van der Waals surface area contributed by atoms with Crippen molar-refractivity contribution in [3.05, 3.63) is 33.8 Å². The minimum absolute atomic E-state index is 0.113. The Morgan fingerprint density at radius 1 is 1.56 bits per heavy atom. The van der Waals surface area contributed by atoms with Crippen LogP contribution >= 0.6 is 28.1 Å². The fourth-order valence-electron chi connectivity index (χ4n) is 1.92. The Labute approximate surface area is 120 Å². The summed E-state index contributed by atoms with van der Waals surface area (Å²) in [5.74, 6) is 0.303. The van der Waals surface area contributed by atoms with Crippen LogP contribution in [-0.4, -0.2) is 16.9 Å². The minimum Gasteiger partial charge on any atom is -0.392 e. The molecular formula is C13H15BrN2OS. The maximum atomic E-state index is 12.2. The molecule has 0 bridgehead atoms. The number of benzene rings is 1. The molecule has 0 radical (unpaired) electrons. The Morgan fingerprint density at radius 3 is 2.78 bits per heavy atom. The molecule has 0 heterocycles. The third-order valence-electron chi connectivity index (χ3n) is 3.20. The lowest BCUT2D eigenvalue weighted by molar-refractivity contribution is 0.0943. The third kappa shape index (κ3) is 2.90. The van der Waals surface area contributed by atoms with Gasteiger partial charge in [-0.25, -0.2) is 0 Å². The van der Waals surface area contributed by atoms with Crippen LogP contribution < -0.4 is 11.1 Å². The average Bonchev–Trinajstić information content (AvgIpc) is 3.13. The van der Waals surface area contributed by atoms with Crippen molar-refractivity contribution in [3.63, 3.8) is 0 Å². The van der Waals surface area contributed by atoms with Gasteiger partial charge in [0.1, 0.15) is 0 Å². The summed E-state index contributed by atoms with van der Waals surface area (Å²) in [6.07, 6.45) is 2.17. The molecule has 0 saturated heterocycles. The van der Waals surface area contributed by atoms with Crippen molar-refractivity contribution in [2.45, 2.75) is 25.8 Å². The zero-order valence-corrected chi connectivity index (χ0v) is 12.5. The summed E-state index contributed by atoms with van der Waals surface area (Å²) in [5, 5.41) is 2.94. The number of nitrogens with one attached hydrogen (secondary N) is 1. The van der Waals surface area contributed by atoms with Crippen molar-refractivity contribution in [2.75, 3.05) is 0 Å². The average molecular weight is 327 g/mol. The normalized spacial score (nSPS) is 16.1. The quantitative estimate of drug-likeness (QED) is 0.836. The molecule has 1 saturated carbocycles. The van der Waals surface area contributed by atoms with Crippen LogP contribution in [0.25, 0.3) is 0 Å². The van der Waals surface area contributed by atoms with Gasteiger partial charge in [0.25, 0.3) is 5.91 Å². The number of carbonyl (C=O) groups excluding carboxylic acids is 1. The molecule has 1 aliphatic carbocycles. The second-order valence-corrected chi connectivity index (χ2v) is 5.93. The standard InChI is InChI=1S/C13H15BrN2OS/c1-7-9(3-2-4-10(7)14)13(17)16-11(12(15)18)8-5-6-8/h2-4,8,11H,5-6H2,1H3,(H2,15,18)(H,16,17). The van der Waals surface area contributed by atoms with Crippen molar-refractivity contribution < 1.29 is 4.79 Å². The highest BCUT2D eigenvalue weighted by molar-refractivity contribution is 9.10. The van der Waals surface area contributed by atoms with Crippen molar-refractivity contribution in [2.24, 2.45) is 11.7 Å². The summed E-state index contributed by atoms with van der Waals surface area (Å²) in [7, 11) is 0. The van der Waals surface area contributed by atoms with Gasteiger partial charge in [-0.1, -0.05) is 34.2 Å². The Hall–Kier alpha value is -0.940. The molecule has 3 N–H and O–H groups in total. The van der Waals surface area contributed by atoms with Crippen molar-refractivity contribution in [1.29, 1.82) is 0 Å². The molecule has 0 aliphatic heterocycles. The second-order valence-electron chi connectivity index (χ2n) is 4.60. The number of rotatable bonds is 4. The Morgan fingerprint density at radius 2 is 2.22 bits per heavy atom. The zero-order valence-electron chi connectivity index (χ0n) is 10.1. The van der Waals surface area contributed by atoms with Crippen LogP contribution in [0.4, 0.5) is 0 Å². The highest BCUT2D eigenvalue weighted by atomic mass is 79.9. The molecule has 96 valence electrons. The molecule has 18 heavy (non-hydrogen) atoms. The van der Waals surface area contributed by atoms with Gasteiger partial charge in [0.2, 0.25) is 0 Å². The van der Waals surface area contributed by atoms with E-state index in [-0.39, 0.29) is 11.9 Å². The first-order valence-corrected chi connectivity index (χ1v) is 7.06. The molecule has 0 aromatic heterocycles. The number of thiocarbonyl (C=S) groups is 1. The fourth-order valence-corrected chi connectivity index (χ4v) is 2.54. The van der Waals surface area contributed by atoms with E-state index in [2.05, 4.69) is 21.2 Å². The van der Waals surface area contributed by atoms with E-state index in [0.29, 0.717) is 16.5 Å². The second kappa shape index (κ2) is 5.36. The van der Waals surface area contributed by atoms with E-state index < -0.39 is 0 Å². The third-order valence-corrected chi connectivity index (χ3v) is 4.31. The lowest BCUT2D eigenvalue weighted by atomic mass is 10.1. The van der Waals surface area contributed by atoms with E-state index in [0.717, 1.165) is 22.9 Å². The Kier molecular flexibility index (Phi) is 4.02. The molecule has 1 aromatic rings. The first-order valence-electron chi connectivity index (χ1n) is 5.86. The van der Waals surface area contributed by atoms with Gasteiger partial charge in [-0.3, -0.25) is 4.79 Å². The lowest BCUT2D eigenvalue weighted by Crippen LogP contribution is -2.45. The molecule has 3 nitrogen and oxygen atoms in total. The van der Waals surface area contributed by atoms with Crippen LogP contribution in [0.3, 0.4) is 0 Å². The number of halogens is 1. The van der Waals surface area contributed by atoms with E-state index in [1.807, 2.05) is 19.1 Å². The zero-order chi connectivity index (χ0) is 13.3. The molecule has 1 atom stereocenters. The Bertz CT molecular complexity index is 500. The highest BCUT2D eigenvalue weighted by Gasteiger charge is 2.34. The maximum Gasteiger partial charge on any atom is 0.252 e. The molecule has 1 amide bonds. The number of hydrogen-bond acceptors (Lipinski definition) is 2. The van der Waals surface area contributed by atoms with Gasteiger partial charge in [0, 0.05) is 10.0 Å². The van der Waals surface area contributed by atoms with E-state index in [1.165, 1.54) is 0 Å². The molecule has 1 fully saturated rings. The number of nitrogens with two attached hydrogens (primary N) is 1. The predicted octanol–water partition coefficient (Wildman–Crippen LogP) is 2.55. The summed E-state index contributed by atoms with van der Waals surface area (Å²) < 4.78 is 0.924. The predicted molar refractivity (Wildman–Crippen MR) is 79.6 cm³/mol. The fraction of sp³-hybridized carbons (Fsp3) is 0.385. The van der Waals surface area contributed by atoms with Gasteiger partial charge in [-0.05, 0) is 43.4 Å². The number of amides is 1. The summed E-state index contributed by atoms with van der Waals surface area (Å²) in [6, 6.07) is 5.39. The molecular weight excluding hydrogens is 312 g/mol. The first-order chi connectivity index (χ1) is 8.50. The first kappa shape index (κ1) is 13.5. The number of hydrogen-bond donors (Lipinski definition) is 2. The summed E-state index contributed by atoms with van der Waals surface area (Å²) in [5.41, 5.74) is 7.26. The Balaban J connectivity index is 2.16. The van der Waals surface area contributed by atoms with Crippen LogP contribution in [0.5, 0.6) is 0 Å². The minimum atomic E-state index is -0.175. The van der Waals surface area contributed by atoms with Crippen LogP contribution in [0.15, 0.2) is 22.7 Å². The van der Waals surface area contributed by atoms with Crippen LogP contribution in [0, 0.1) is 12.8 Å². The summed E-state index contributed by atoms with van der Waals surface area (Å²) in [6.45, 7) is 1.91. The van der Waals surface area contributed by atoms with Gasteiger partial charge in [0.05, 0.1) is 11.0 Å². The van der Waals surface area contributed by atoms with Crippen LogP contribution in [0.1, 0.15) is 28.8 Å². The topological polar surface area (TPSA) is 55.1 Å². The van der Waals surface area contributed by atoms with Gasteiger partial charge in [-0.15, -0.1) is 0 Å². The maximum absolute atomic E-state index is 12.2.